The van der Waals surface area contributed by atoms with Gasteiger partial charge in [0.25, 0.3) is 0 Å². The van der Waals surface area contributed by atoms with Gasteiger partial charge in [-0.1, -0.05) is 6.92 Å². The summed E-state index contributed by atoms with van der Waals surface area (Å²) >= 11 is 1.54. The monoisotopic (exact) mass is 211 g/mol. The average Bonchev–Trinajstić information content (AvgIpc) is 2.72. The van der Waals surface area contributed by atoms with Crippen LogP contribution >= 0.6 is 11.3 Å². The molecular formula is C10H17N3S. The van der Waals surface area contributed by atoms with Crippen LogP contribution in [0, 0.1) is 5.92 Å². The van der Waals surface area contributed by atoms with Crippen molar-refractivity contribution in [2.24, 2.45) is 5.92 Å². The molecule has 0 bridgehead atoms. The van der Waals surface area contributed by atoms with Crippen LogP contribution in [0.4, 0.5) is 5.13 Å². The molecule has 78 valence electrons. The van der Waals surface area contributed by atoms with Gasteiger partial charge in [-0.05, 0) is 18.9 Å². The molecule has 0 amide bonds. The molecule has 1 aromatic rings. The van der Waals surface area contributed by atoms with Crippen molar-refractivity contribution in [2.45, 2.75) is 19.8 Å². The van der Waals surface area contributed by atoms with Crippen LogP contribution in [0.1, 0.15) is 19.0 Å². The van der Waals surface area contributed by atoms with Crippen LogP contribution in [-0.2, 0) is 6.42 Å². The molecule has 1 saturated heterocycles. The number of nitrogens with two attached hydrogens (primary N) is 1. The second kappa shape index (κ2) is 4.28. The van der Waals surface area contributed by atoms with E-state index in [9.17, 15) is 0 Å². The van der Waals surface area contributed by atoms with Crippen molar-refractivity contribution in [1.82, 2.24) is 9.88 Å². The van der Waals surface area contributed by atoms with Crippen LogP contribution in [-0.4, -0.2) is 29.5 Å². The van der Waals surface area contributed by atoms with Crippen LogP contribution in [0.5, 0.6) is 0 Å². The molecule has 0 spiro atoms. The van der Waals surface area contributed by atoms with Gasteiger partial charge in [0.1, 0.15) is 0 Å². The lowest BCUT2D eigenvalue weighted by atomic mass is 10.2. The molecular weight excluding hydrogens is 194 g/mol. The van der Waals surface area contributed by atoms with E-state index in [1.165, 1.54) is 30.8 Å². The van der Waals surface area contributed by atoms with Crippen molar-refractivity contribution in [2.75, 3.05) is 25.4 Å². The fraction of sp³-hybridized carbons (Fsp3) is 0.700. The Morgan fingerprint density at radius 1 is 1.71 bits per heavy atom. The zero-order valence-corrected chi connectivity index (χ0v) is 9.39. The van der Waals surface area contributed by atoms with E-state index in [4.69, 9.17) is 5.73 Å². The highest BCUT2D eigenvalue weighted by atomic mass is 32.1. The highest BCUT2D eigenvalue weighted by Crippen LogP contribution is 2.16. The molecule has 2 heterocycles. The van der Waals surface area contributed by atoms with Crippen LogP contribution in [0.3, 0.4) is 0 Å². The first kappa shape index (κ1) is 9.93. The Bertz CT molecular complexity index is 297. The van der Waals surface area contributed by atoms with E-state index in [2.05, 4.69) is 22.2 Å². The summed E-state index contributed by atoms with van der Waals surface area (Å²) in [6.45, 7) is 5.95. The van der Waals surface area contributed by atoms with Gasteiger partial charge in [0, 0.05) is 24.9 Å². The fourth-order valence-corrected chi connectivity index (χ4v) is 2.54. The van der Waals surface area contributed by atoms with Gasteiger partial charge < -0.3 is 10.6 Å². The summed E-state index contributed by atoms with van der Waals surface area (Å²) in [5.74, 6) is 0.871. The molecule has 0 radical (unpaired) electrons. The smallest absolute Gasteiger partial charge is 0.180 e. The first-order valence-electron chi connectivity index (χ1n) is 5.16. The standard InChI is InChI=1S/C10H17N3S/c1-8-2-4-13(6-8)5-3-9-7-14-10(11)12-9/h7-8H,2-6H2,1H3,(H2,11,12). The minimum Gasteiger partial charge on any atom is -0.375 e. The lowest BCUT2D eigenvalue weighted by Gasteiger charge is -2.13. The highest BCUT2D eigenvalue weighted by molar-refractivity contribution is 7.13. The number of anilines is 1. The lowest BCUT2D eigenvalue weighted by molar-refractivity contribution is 0.331. The number of aromatic nitrogens is 1. The van der Waals surface area contributed by atoms with Crippen molar-refractivity contribution in [1.29, 1.82) is 0 Å². The molecule has 0 aromatic carbocycles. The summed E-state index contributed by atoms with van der Waals surface area (Å²) in [6, 6.07) is 0. The van der Waals surface area contributed by atoms with E-state index in [-0.39, 0.29) is 0 Å². The van der Waals surface area contributed by atoms with E-state index in [0.29, 0.717) is 5.13 Å². The van der Waals surface area contributed by atoms with Gasteiger partial charge in [0.15, 0.2) is 5.13 Å². The molecule has 2 N–H and O–H groups in total. The van der Waals surface area contributed by atoms with Gasteiger partial charge in [0.05, 0.1) is 5.69 Å². The molecule has 1 aliphatic heterocycles. The van der Waals surface area contributed by atoms with E-state index < -0.39 is 0 Å². The molecule has 4 heteroatoms. The Kier molecular flexibility index (Phi) is 3.03. The second-order valence-corrected chi connectivity index (χ2v) is 5.01. The molecule has 1 aliphatic rings. The van der Waals surface area contributed by atoms with Crippen molar-refractivity contribution < 1.29 is 0 Å². The Balaban J connectivity index is 1.77. The number of nitrogens with zero attached hydrogens (tertiary/aromatic N) is 2. The third-order valence-electron chi connectivity index (χ3n) is 2.76. The fourth-order valence-electron chi connectivity index (χ4n) is 1.94. The molecule has 3 nitrogen and oxygen atoms in total. The van der Waals surface area contributed by atoms with E-state index in [0.717, 1.165) is 24.6 Å². The highest BCUT2D eigenvalue weighted by Gasteiger charge is 2.17. The SMILES string of the molecule is CC1CCN(CCc2csc(N)n2)C1. The predicted octanol–water partition coefficient (Wildman–Crippen LogP) is 1.61. The zero-order valence-electron chi connectivity index (χ0n) is 8.57. The molecule has 1 fully saturated rings. The first-order chi connectivity index (χ1) is 6.74. The summed E-state index contributed by atoms with van der Waals surface area (Å²) in [5.41, 5.74) is 6.72. The number of nitrogen functional groups attached to an aromatic ring is 1. The topological polar surface area (TPSA) is 42.1 Å². The summed E-state index contributed by atoms with van der Waals surface area (Å²) in [5, 5.41) is 2.75. The second-order valence-electron chi connectivity index (χ2n) is 4.12. The van der Waals surface area contributed by atoms with Crippen molar-refractivity contribution >= 4 is 16.5 Å². The molecule has 1 aromatic heterocycles. The summed E-state index contributed by atoms with van der Waals surface area (Å²) < 4.78 is 0. The first-order valence-corrected chi connectivity index (χ1v) is 6.04. The van der Waals surface area contributed by atoms with Crippen molar-refractivity contribution in [3.63, 3.8) is 0 Å². The van der Waals surface area contributed by atoms with Crippen LogP contribution in [0.25, 0.3) is 0 Å². The number of likely N-dealkylation sites (tertiary alicyclic amines) is 1. The van der Waals surface area contributed by atoms with Gasteiger partial charge in [-0.15, -0.1) is 11.3 Å². The molecule has 2 rings (SSSR count). The summed E-state index contributed by atoms with van der Waals surface area (Å²) in [7, 11) is 0. The summed E-state index contributed by atoms with van der Waals surface area (Å²) in [4.78, 5) is 6.77. The number of rotatable bonds is 3. The van der Waals surface area contributed by atoms with Gasteiger partial charge in [-0.25, -0.2) is 4.98 Å². The van der Waals surface area contributed by atoms with Crippen molar-refractivity contribution in [3.05, 3.63) is 11.1 Å². The number of hydrogen-bond donors (Lipinski definition) is 1. The van der Waals surface area contributed by atoms with Crippen molar-refractivity contribution in [3.8, 4) is 0 Å². The maximum atomic E-state index is 5.58. The molecule has 1 unspecified atom stereocenters. The summed E-state index contributed by atoms with van der Waals surface area (Å²) in [6.07, 6.45) is 2.39. The molecule has 0 aliphatic carbocycles. The quantitative estimate of drug-likeness (QED) is 0.826. The van der Waals surface area contributed by atoms with Gasteiger partial charge >= 0.3 is 0 Å². The largest absolute Gasteiger partial charge is 0.375 e. The van der Waals surface area contributed by atoms with E-state index >= 15 is 0 Å². The number of hydrogen-bond acceptors (Lipinski definition) is 4. The Hall–Kier alpha value is -0.610. The third kappa shape index (κ3) is 2.45. The Morgan fingerprint density at radius 2 is 2.57 bits per heavy atom. The average molecular weight is 211 g/mol. The third-order valence-corrected chi connectivity index (χ3v) is 3.48. The maximum Gasteiger partial charge on any atom is 0.180 e. The van der Waals surface area contributed by atoms with Gasteiger partial charge in [-0.3, -0.25) is 0 Å². The van der Waals surface area contributed by atoms with Gasteiger partial charge in [-0.2, -0.15) is 0 Å². The van der Waals surface area contributed by atoms with E-state index in [1.54, 1.807) is 0 Å². The molecule has 1 atom stereocenters. The minimum absolute atomic E-state index is 0.690. The van der Waals surface area contributed by atoms with E-state index in [1.807, 2.05) is 0 Å². The lowest BCUT2D eigenvalue weighted by Crippen LogP contribution is -2.23. The van der Waals surface area contributed by atoms with Crippen LogP contribution in [0.15, 0.2) is 5.38 Å². The normalized spacial score (nSPS) is 23.1. The predicted molar refractivity (Wildman–Crippen MR) is 60.5 cm³/mol. The Morgan fingerprint density at radius 3 is 3.14 bits per heavy atom. The Labute approximate surface area is 88.9 Å². The zero-order chi connectivity index (χ0) is 9.97. The minimum atomic E-state index is 0.690. The molecule has 14 heavy (non-hydrogen) atoms. The number of thiazole rings is 1. The van der Waals surface area contributed by atoms with Crippen LogP contribution in [0.2, 0.25) is 0 Å². The molecule has 0 saturated carbocycles. The van der Waals surface area contributed by atoms with Gasteiger partial charge in [0.2, 0.25) is 0 Å². The maximum absolute atomic E-state index is 5.58. The van der Waals surface area contributed by atoms with Crippen LogP contribution < -0.4 is 5.73 Å².